The van der Waals surface area contributed by atoms with Crippen molar-refractivity contribution >= 4 is 5.97 Å². The lowest BCUT2D eigenvalue weighted by Gasteiger charge is -2.25. The number of rotatable bonds is 4. The zero-order valence-electron chi connectivity index (χ0n) is 10.3. The first-order chi connectivity index (χ1) is 7.74. The van der Waals surface area contributed by atoms with E-state index in [9.17, 15) is 4.79 Å². The summed E-state index contributed by atoms with van der Waals surface area (Å²) in [6, 6.07) is -0.463. The highest BCUT2D eigenvalue weighted by molar-refractivity contribution is 5.75. The van der Waals surface area contributed by atoms with E-state index in [1.807, 2.05) is 0 Å². The Balaban J connectivity index is 2.21. The molecule has 1 aliphatic heterocycles. The number of nitrogens with zero attached hydrogens (tertiary/aromatic N) is 1. The maximum absolute atomic E-state index is 11.1. The maximum atomic E-state index is 11.1. The summed E-state index contributed by atoms with van der Waals surface area (Å²) in [6.07, 6.45) is 7.28. The van der Waals surface area contributed by atoms with Crippen molar-refractivity contribution in [3.05, 3.63) is 0 Å². The molecule has 0 aromatic heterocycles. The summed E-state index contributed by atoms with van der Waals surface area (Å²) in [5, 5.41) is 0. The molecule has 0 aliphatic carbocycles. The first-order valence-electron chi connectivity index (χ1n) is 6.30. The minimum absolute atomic E-state index is 0.299. The first kappa shape index (κ1) is 13.5. The van der Waals surface area contributed by atoms with Crippen molar-refractivity contribution in [3.63, 3.8) is 0 Å². The topological polar surface area (TPSA) is 55.6 Å². The van der Waals surface area contributed by atoms with Gasteiger partial charge < -0.3 is 15.4 Å². The minimum Gasteiger partial charge on any atom is -0.468 e. The molecule has 0 radical (unpaired) electrons. The first-order valence-corrected chi connectivity index (χ1v) is 6.30. The van der Waals surface area contributed by atoms with Crippen molar-refractivity contribution in [2.45, 2.75) is 44.6 Å². The van der Waals surface area contributed by atoms with Crippen LogP contribution >= 0.6 is 0 Å². The Kier molecular flexibility index (Phi) is 6.42. The van der Waals surface area contributed by atoms with E-state index in [-0.39, 0.29) is 5.97 Å². The van der Waals surface area contributed by atoms with E-state index in [2.05, 4.69) is 9.64 Å². The summed E-state index contributed by atoms with van der Waals surface area (Å²) in [5.74, 6) is -0.299. The molecule has 1 heterocycles. The normalized spacial score (nSPS) is 20.9. The fourth-order valence-electron chi connectivity index (χ4n) is 2.13. The molecule has 2 N–H and O–H groups in total. The average Bonchev–Trinajstić information content (AvgIpc) is 2.26. The molecule has 0 bridgehead atoms. The number of hydrogen-bond donors (Lipinski definition) is 1. The lowest BCUT2D eigenvalue weighted by Crippen LogP contribution is -2.37. The van der Waals surface area contributed by atoms with E-state index in [1.165, 1.54) is 39.2 Å². The van der Waals surface area contributed by atoms with Crippen LogP contribution in [0.4, 0.5) is 0 Å². The van der Waals surface area contributed by atoms with Gasteiger partial charge in [0.2, 0.25) is 0 Å². The van der Waals surface area contributed by atoms with Gasteiger partial charge in [-0.05, 0) is 32.4 Å². The van der Waals surface area contributed by atoms with E-state index < -0.39 is 6.04 Å². The molecule has 4 heteroatoms. The van der Waals surface area contributed by atoms with Crippen LogP contribution in [0.2, 0.25) is 0 Å². The lowest BCUT2D eigenvalue weighted by atomic mass is 10.1. The average molecular weight is 228 g/mol. The lowest BCUT2D eigenvalue weighted by molar-refractivity contribution is -0.142. The van der Waals surface area contributed by atoms with Crippen LogP contribution in [-0.4, -0.2) is 43.7 Å². The molecule has 1 aliphatic rings. The third kappa shape index (κ3) is 4.94. The van der Waals surface area contributed by atoms with Crippen molar-refractivity contribution in [2.24, 2.45) is 5.73 Å². The van der Waals surface area contributed by atoms with E-state index in [1.54, 1.807) is 0 Å². The number of carbonyl (C=O) groups is 1. The molecule has 1 atom stereocenters. The second kappa shape index (κ2) is 7.63. The number of esters is 1. The van der Waals surface area contributed by atoms with E-state index in [0.717, 1.165) is 19.6 Å². The Hall–Kier alpha value is -0.610. The second-order valence-electron chi connectivity index (χ2n) is 4.53. The Bertz CT molecular complexity index is 201. The highest BCUT2D eigenvalue weighted by atomic mass is 16.5. The van der Waals surface area contributed by atoms with Gasteiger partial charge in [-0.3, -0.25) is 4.79 Å². The molecule has 0 aromatic rings. The zero-order chi connectivity index (χ0) is 11.8. The van der Waals surface area contributed by atoms with Gasteiger partial charge in [0.1, 0.15) is 6.04 Å². The molecule has 4 nitrogen and oxygen atoms in total. The number of ether oxygens (including phenoxy) is 1. The summed E-state index contributed by atoms with van der Waals surface area (Å²) >= 11 is 0. The third-order valence-electron chi connectivity index (χ3n) is 3.21. The Morgan fingerprint density at radius 1 is 1.25 bits per heavy atom. The Morgan fingerprint density at radius 2 is 1.81 bits per heavy atom. The predicted molar refractivity (Wildman–Crippen MR) is 64.1 cm³/mol. The van der Waals surface area contributed by atoms with Gasteiger partial charge in [0.05, 0.1) is 7.11 Å². The number of likely N-dealkylation sites (tertiary alicyclic amines) is 1. The van der Waals surface area contributed by atoms with Crippen LogP contribution in [0.3, 0.4) is 0 Å². The molecule has 1 unspecified atom stereocenters. The molecule has 16 heavy (non-hydrogen) atoms. The fraction of sp³-hybridized carbons (Fsp3) is 0.917. The predicted octanol–water partition coefficient (Wildman–Crippen LogP) is 1.14. The van der Waals surface area contributed by atoms with Crippen LogP contribution in [0.5, 0.6) is 0 Å². The molecule has 1 fully saturated rings. The fourth-order valence-corrected chi connectivity index (χ4v) is 2.13. The summed E-state index contributed by atoms with van der Waals surface area (Å²) in [4.78, 5) is 13.6. The molecule has 0 spiro atoms. The number of hydrogen-bond acceptors (Lipinski definition) is 4. The van der Waals surface area contributed by atoms with Gasteiger partial charge in [-0.25, -0.2) is 0 Å². The van der Waals surface area contributed by atoms with Crippen LogP contribution in [0.25, 0.3) is 0 Å². The monoisotopic (exact) mass is 228 g/mol. The highest BCUT2D eigenvalue weighted by Gasteiger charge is 2.15. The molecule has 1 saturated heterocycles. The molecular formula is C12H24N2O2. The molecule has 0 saturated carbocycles. The summed E-state index contributed by atoms with van der Waals surface area (Å²) < 4.78 is 4.61. The number of carbonyl (C=O) groups excluding carboxylic acids is 1. The summed E-state index contributed by atoms with van der Waals surface area (Å²) in [5.41, 5.74) is 5.71. The van der Waals surface area contributed by atoms with Crippen molar-refractivity contribution in [1.29, 1.82) is 0 Å². The maximum Gasteiger partial charge on any atom is 0.322 e. The second-order valence-corrected chi connectivity index (χ2v) is 4.53. The van der Waals surface area contributed by atoms with Crippen LogP contribution in [0, 0.1) is 0 Å². The molecule has 0 aromatic carbocycles. The van der Waals surface area contributed by atoms with Crippen molar-refractivity contribution in [2.75, 3.05) is 26.7 Å². The van der Waals surface area contributed by atoms with Gasteiger partial charge in [0, 0.05) is 6.54 Å². The zero-order valence-corrected chi connectivity index (χ0v) is 10.3. The molecule has 1 rings (SSSR count). The summed E-state index contributed by atoms with van der Waals surface area (Å²) in [6.45, 7) is 3.21. The highest BCUT2D eigenvalue weighted by Crippen LogP contribution is 2.10. The van der Waals surface area contributed by atoms with Gasteiger partial charge in [-0.1, -0.05) is 19.3 Å². The molecule has 94 valence electrons. The summed E-state index contributed by atoms with van der Waals surface area (Å²) in [7, 11) is 1.39. The number of nitrogens with two attached hydrogens (primary N) is 1. The Morgan fingerprint density at radius 3 is 2.38 bits per heavy atom. The van der Waals surface area contributed by atoms with Crippen molar-refractivity contribution in [3.8, 4) is 0 Å². The number of methoxy groups -OCH3 is 1. The van der Waals surface area contributed by atoms with Crippen LogP contribution in [0.1, 0.15) is 38.5 Å². The SMILES string of the molecule is COC(=O)C(N)CCN1CCCCCCC1. The van der Waals surface area contributed by atoms with Gasteiger partial charge >= 0.3 is 5.97 Å². The van der Waals surface area contributed by atoms with Gasteiger partial charge in [0.25, 0.3) is 0 Å². The minimum atomic E-state index is -0.463. The molecule has 0 amide bonds. The van der Waals surface area contributed by atoms with Crippen LogP contribution < -0.4 is 5.73 Å². The van der Waals surface area contributed by atoms with E-state index >= 15 is 0 Å². The van der Waals surface area contributed by atoms with E-state index in [0.29, 0.717) is 6.42 Å². The van der Waals surface area contributed by atoms with Gasteiger partial charge in [0.15, 0.2) is 0 Å². The molecular weight excluding hydrogens is 204 g/mol. The smallest absolute Gasteiger partial charge is 0.322 e. The van der Waals surface area contributed by atoms with E-state index in [4.69, 9.17) is 5.73 Å². The van der Waals surface area contributed by atoms with Crippen LogP contribution in [0.15, 0.2) is 0 Å². The van der Waals surface area contributed by atoms with Gasteiger partial charge in [-0.2, -0.15) is 0 Å². The van der Waals surface area contributed by atoms with Gasteiger partial charge in [-0.15, -0.1) is 0 Å². The Labute approximate surface area is 98.1 Å². The van der Waals surface area contributed by atoms with Crippen molar-refractivity contribution < 1.29 is 9.53 Å². The standard InChI is InChI=1S/C12H24N2O2/c1-16-12(15)11(13)7-10-14-8-5-3-2-4-6-9-14/h11H,2-10,13H2,1H3. The van der Waals surface area contributed by atoms with Crippen LogP contribution in [-0.2, 0) is 9.53 Å². The third-order valence-corrected chi connectivity index (χ3v) is 3.21. The largest absolute Gasteiger partial charge is 0.468 e. The quantitative estimate of drug-likeness (QED) is 0.733. The van der Waals surface area contributed by atoms with Crippen molar-refractivity contribution in [1.82, 2.24) is 4.90 Å².